The molecule has 0 unspecified atom stereocenters. The van der Waals surface area contributed by atoms with Crippen LogP contribution in [0.1, 0.15) is 41.6 Å². The van der Waals surface area contributed by atoms with E-state index < -0.39 is 12.1 Å². The van der Waals surface area contributed by atoms with Crippen molar-refractivity contribution in [1.82, 2.24) is 20.0 Å². The zero-order chi connectivity index (χ0) is 33.9. The van der Waals surface area contributed by atoms with Gasteiger partial charge in [0, 0.05) is 56.8 Å². The molecular formula is C37H46N6O5. The van der Waals surface area contributed by atoms with Crippen LogP contribution in [0.5, 0.6) is 0 Å². The molecule has 2 fully saturated rings. The van der Waals surface area contributed by atoms with Gasteiger partial charge < -0.3 is 20.7 Å². The Labute approximate surface area is 282 Å². The number of ketones is 1. The number of urea groups is 1. The molecular weight excluding hydrogens is 608 g/mol. The lowest BCUT2D eigenvalue weighted by Gasteiger charge is -2.32. The summed E-state index contributed by atoms with van der Waals surface area (Å²) < 4.78 is 5.75. The maximum Gasteiger partial charge on any atom is 0.411 e. The number of primary amides is 1. The van der Waals surface area contributed by atoms with E-state index in [0.717, 1.165) is 79.4 Å². The summed E-state index contributed by atoms with van der Waals surface area (Å²) in [4.78, 5) is 54.7. The molecule has 4 amide bonds. The fourth-order valence-corrected chi connectivity index (χ4v) is 6.32. The third-order valence-corrected chi connectivity index (χ3v) is 9.23. The third-order valence-electron chi connectivity index (χ3n) is 9.23. The minimum atomic E-state index is -0.722. The number of benzene rings is 3. The van der Waals surface area contributed by atoms with Crippen molar-refractivity contribution >= 4 is 29.5 Å². The number of nitrogens with zero attached hydrogens (tertiary/aromatic N) is 3. The largest absolute Gasteiger partial charge is 0.446 e. The molecule has 0 radical (unpaired) electrons. The summed E-state index contributed by atoms with van der Waals surface area (Å²) >= 11 is 0. The van der Waals surface area contributed by atoms with Crippen molar-refractivity contribution in [2.24, 2.45) is 11.7 Å². The predicted molar refractivity (Wildman–Crippen MR) is 185 cm³/mol. The predicted octanol–water partition coefficient (Wildman–Crippen LogP) is 4.59. The Bertz CT molecular complexity index is 1530. The van der Waals surface area contributed by atoms with Crippen LogP contribution in [0.25, 0.3) is 11.1 Å². The van der Waals surface area contributed by atoms with E-state index in [0.29, 0.717) is 24.9 Å². The Balaban J connectivity index is 0.953. The van der Waals surface area contributed by atoms with Gasteiger partial charge in [0.2, 0.25) is 5.91 Å². The van der Waals surface area contributed by atoms with Gasteiger partial charge in [0.15, 0.2) is 5.78 Å². The van der Waals surface area contributed by atoms with Gasteiger partial charge in [-0.2, -0.15) is 0 Å². The zero-order valence-electron chi connectivity index (χ0n) is 27.6. The van der Waals surface area contributed by atoms with E-state index in [-0.39, 0.29) is 30.3 Å². The highest BCUT2D eigenvalue weighted by Crippen LogP contribution is 2.28. The van der Waals surface area contributed by atoms with Gasteiger partial charge in [-0.3, -0.25) is 24.7 Å². The number of nitrogens with two attached hydrogens (primary N) is 1. The Morgan fingerprint density at radius 1 is 0.833 bits per heavy atom. The van der Waals surface area contributed by atoms with Crippen LogP contribution in [-0.4, -0.2) is 97.5 Å². The molecule has 0 saturated carbocycles. The number of hydrogen-bond donors (Lipinski definition) is 3. The normalized spacial score (nSPS) is 16.3. The van der Waals surface area contributed by atoms with Crippen molar-refractivity contribution in [3.8, 4) is 11.1 Å². The highest BCUT2D eigenvalue weighted by Gasteiger charge is 2.29. The molecule has 4 N–H and O–H groups in total. The smallest absolute Gasteiger partial charge is 0.411 e. The Morgan fingerprint density at radius 3 is 2.17 bits per heavy atom. The van der Waals surface area contributed by atoms with Gasteiger partial charge in [0.25, 0.3) is 0 Å². The first kappa shape index (κ1) is 34.7. The maximum absolute atomic E-state index is 12.8. The van der Waals surface area contributed by atoms with E-state index in [1.165, 1.54) is 7.05 Å². The number of amides is 4. The standard InChI is InChI=1S/C37H46N6O5/c1-41(36(38)46)35(45)30-15-20-43(21-16-30)26-27-11-13-29(14-12-27)34(44)25-39-19-24-42-22-17-31(18-23-42)48-37(47)40-33-10-6-5-9-32(33)28-7-3-2-4-8-28/h2-14,30-31,39H,15-26H2,1H3,(H2,38,46)(H,40,47). The Hall–Kier alpha value is -4.58. The minimum Gasteiger partial charge on any atom is -0.446 e. The van der Waals surface area contributed by atoms with Crippen molar-refractivity contribution < 1.29 is 23.9 Å². The molecule has 0 aliphatic carbocycles. The lowest BCUT2D eigenvalue weighted by Crippen LogP contribution is -2.44. The Morgan fingerprint density at radius 2 is 1.48 bits per heavy atom. The number of ether oxygens (including phenoxy) is 1. The number of anilines is 1. The van der Waals surface area contributed by atoms with Crippen LogP contribution in [0.4, 0.5) is 15.3 Å². The highest BCUT2D eigenvalue weighted by molar-refractivity contribution is 5.97. The second kappa shape index (κ2) is 17.0. The number of likely N-dealkylation sites (tertiary alicyclic amines) is 2. The maximum atomic E-state index is 12.8. The van der Waals surface area contributed by atoms with Crippen LogP contribution in [0.15, 0.2) is 78.9 Å². The highest BCUT2D eigenvalue weighted by atomic mass is 16.6. The fraction of sp³-hybridized carbons (Fsp3) is 0.405. The lowest BCUT2D eigenvalue weighted by molar-refractivity contribution is -0.132. The zero-order valence-corrected chi connectivity index (χ0v) is 27.6. The first-order chi connectivity index (χ1) is 23.3. The van der Waals surface area contributed by atoms with E-state index in [2.05, 4.69) is 20.4 Å². The number of hydrogen-bond acceptors (Lipinski definition) is 8. The number of imide groups is 1. The number of rotatable bonds is 12. The summed E-state index contributed by atoms with van der Waals surface area (Å²) in [7, 11) is 1.42. The molecule has 0 aromatic heterocycles. The molecule has 11 heteroatoms. The molecule has 2 aliphatic heterocycles. The first-order valence-corrected chi connectivity index (χ1v) is 16.7. The molecule has 2 heterocycles. The molecule has 254 valence electrons. The number of Topliss-reactive ketones (excluding diaryl/α,β-unsaturated/α-hetero) is 1. The van der Waals surface area contributed by atoms with Gasteiger partial charge in [-0.05, 0) is 56.0 Å². The number of para-hydroxylation sites is 1. The van der Waals surface area contributed by atoms with Crippen LogP contribution >= 0.6 is 0 Å². The van der Waals surface area contributed by atoms with Gasteiger partial charge in [-0.25, -0.2) is 9.59 Å². The fourth-order valence-electron chi connectivity index (χ4n) is 6.32. The van der Waals surface area contributed by atoms with E-state index in [1.807, 2.05) is 78.9 Å². The van der Waals surface area contributed by atoms with Crippen LogP contribution in [0, 0.1) is 5.92 Å². The lowest BCUT2D eigenvalue weighted by atomic mass is 9.95. The molecule has 5 rings (SSSR count). The van der Waals surface area contributed by atoms with Crippen molar-refractivity contribution in [2.75, 3.05) is 58.2 Å². The third kappa shape index (κ3) is 9.72. The average Bonchev–Trinajstić information content (AvgIpc) is 3.11. The summed E-state index contributed by atoms with van der Waals surface area (Å²) in [6.07, 6.45) is 2.34. The van der Waals surface area contributed by atoms with Crippen molar-refractivity contribution in [1.29, 1.82) is 0 Å². The molecule has 48 heavy (non-hydrogen) atoms. The summed E-state index contributed by atoms with van der Waals surface area (Å²) in [5.41, 5.74) is 9.72. The molecule has 3 aromatic rings. The van der Waals surface area contributed by atoms with E-state index in [4.69, 9.17) is 10.5 Å². The van der Waals surface area contributed by atoms with E-state index in [9.17, 15) is 19.2 Å². The monoisotopic (exact) mass is 654 g/mol. The van der Waals surface area contributed by atoms with Crippen molar-refractivity contribution in [3.63, 3.8) is 0 Å². The molecule has 0 atom stereocenters. The summed E-state index contributed by atoms with van der Waals surface area (Å²) in [6, 6.07) is 24.7. The number of carbonyl (C=O) groups excluding carboxylic acids is 4. The Kier molecular flexibility index (Phi) is 12.3. The van der Waals surface area contributed by atoms with Crippen LogP contribution in [-0.2, 0) is 16.1 Å². The number of nitrogens with one attached hydrogen (secondary N) is 2. The quantitative estimate of drug-likeness (QED) is 0.191. The van der Waals surface area contributed by atoms with Gasteiger partial charge in [0.1, 0.15) is 6.10 Å². The van der Waals surface area contributed by atoms with Gasteiger partial charge in [-0.15, -0.1) is 0 Å². The molecule has 2 saturated heterocycles. The van der Waals surface area contributed by atoms with Crippen LogP contribution in [0.2, 0.25) is 0 Å². The van der Waals surface area contributed by atoms with E-state index in [1.54, 1.807) is 0 Å². The molecule has 0 bridgehead atoms. The van der Waals surface area contributed by atoms with Crippen LogP contribution < -0.4 is 16.4 Å². The second-order valence-electron chi connectivity index (χ2n) is 12.6. The van der Waals surface area contributed by atoms with E-state index >= 15 is 0 Å². The average molecular weight is 655 g/mol. The summed E-state index contributed by atoms with van der Waals surface area (Å²) in [5.74, 6) is -0.344. The van der Waals surface area contributed by atoms with Crippen LogP contribution in [0.3, 0.4) is 0 Å². The minimum absolute atomic E-state index is 0.0476. The molecule has 2 aliphatic rings. The van der Waals surface area contributed by atoms with Crippen molar-refractivity contribution in [3.05, 3.63) is 90.0 Å². The van der Waals surface area contributed by atoms with Gasteiger partial charge in [-0.1, -0.05) is 72.8 Å². The molecule has 3 aromatic carbocycles. The number of carbonyl (C=O) groups is 4. The summed E-state index contributed by atoms with van der Waals surface area (Å²) in [5, 5.41) is 6.20. The van der Waals surface area contributed by atoms with Crippen molar-refractivity contribution in [2.45, 2.75) is 38.3 Å². The summed E-state index contributed by atoms with van der Waals surface area (Å²) in [6.45, 7) is 5.70. The number of piperidine rings is 2. The second-order valence-corrected chi connectivity index (χ2v) is 12.6. The van der Waals surface area contributed by atoms with Gasteiger partial charge >= 0.3 is 12.1 Å². The topological polar surface area (TPSA) is 137 Å². The SMILES string of the molecule is CN(C(N)=O)C(=O)C1CCN(Cc2ccc(C(=O)CNCCN3CCC(OC(=O)Nc4ccccc4-c4ccccc4)CC3)cc2)CC1. The molecule has 0 spiro atoms. The molecule has 11 nitrogen and oxygen atoms in total. The first-order valence-electron chi connectivity index (χ1n) is 16.7. The van der Waals surface area contributed by atoms with Gasteiger partial charge in [0.05, 0.1) is 12.2 Å².